The number of hydrogen-bond donors (Lipinski definition) is 4. The van der Waals surface area contributed by atoms with Crippen molar-refractivity contribution < 1.29 is 15.3 Å². The largest absolute Gasteiger partial charge is 0.504 e. The summed E-state index contributed by atoms with van der Waals surface area (Å²) >= 11 is 0. The molecule has 0 aliphatic rings. The summed E-state index contributed by atoms with van der Waals surface area (Å²) in [6.45, 7) is 1.56. The lowest BCUT2D eigenvalue weighted by atomic mass is 10.0. The van der Waals surface area contributed by atoms with E-state index in [0.29, 0.717) is 5.56 Å². The third-order valence-electron chi connectivity index (χ3n) is 1.90. The second kappa shape index (κ2) is 5.05. The van der Waals surface area contributed by atoms with Gasteiger partial charge in [-0.2, -0.15) is 0 Å². The Labute approximate surface area is 88.4 Å². The van der Waals surface area contributed by atoms with E-state index < -0.39 is 12.1 Å². The van der Waals surface area contributed by atoms with Crippen LogP contribution in [0.2, 0.25) is 0 Å². The molecular weight excluding hydrogens is 206 g/mol. The van der Waals surface area contributed by atoms with E-state index in [1.165, 1.54) is 12.1 Å². The summed E-state index contributed by atoms with van der Waals surface area (Å²) in [5.74, 6) is -0.421. The van der Waals surface area contributed by atoms with Crippen LogP contribution in [0.3, 0.4) is 0 Å². The second-order valence-corrected chi connectivity index (χ2v) is 3.01. The van der Waals surface area contributed by atoms with Crippen LogP contribution in [0.25, 0.3) is 0 Å². The normalized spacial score (nSPS) is 14.2. The number of phenolic OH excluding ortho intramolecular Hbond substituents is 2. The van der Waals surface area contributed by atoms with Gasteiger partial charge in [0.2, 0.25) is 0 Å². The van der Waals surface area contributed by atoms with Crippen LogP contribution in [-0.4, -0.2) is 21.4 Å². The molecule has 5 N–H and O–H groups in total. The molecular formula is C9H14ClNO3. The Morgan fingerprint density at radius 2 is 1.79 bits per heavy atom. The molecule has 0 bridgehead atoms. The number of phenols is 2. The van der Waals surface area contributed by atoms with E-state index in [0.717, 1.165) is 0 Å². The molecule has 0 radical (unpaired) electrons. The van der Waals surface area contributed by atoms with Crippen molar-refractivity contribution in [2.75, 3.05) is 0 Å². The maximum Gasteiger partial charge on any atom is 0.157 e. The summed E-state index contributed by atoms with van der Waals surface area (Å²) in [5, 5.41) is 27.3. The molecule has 80 valence electrons. The molecule has 1 aromatic carbocycles. The number of nitrogens with two attached hydrogens (primary N) is 1. The molecule has 2 atom stereocenters. The number of aliphatic hydroxyl groups is 1. The molecule has 0 fully saturated rings. The first-order valence-corrected chi connectivity index (χ1v) is 3.98. The third kappa shape index (κ3) is 2.77. The van der Waals surface area contributed by atoms with Crippen LogP contribution in [0.4, 0.5) is 0 Å². The van der Waals surface area contributed by atoms with Crippen LogP contribution in [0, 0.1) is 0 Å². The Bertz CT molecular complexity index is 304. The predicted octanol–water partition coefficient (Wildman–Crippen LogP) is 0.900. The molecule has 0 amide bonds. The van der Waals surface area contributed by atoms with Gasteiger partial charge in [-0.15, -0.1) is 12.4 Å². The molecule has 0 aliphatic heterocycles. The van der Waals surface area contributed by atoms with Crippen LogP contribution >= 0.6 is 12.4 Å². The van der Waals surface area contributed by atoms with Gasteiger partial charge in [-0.1, -0.05) is 6.07 Å². The summed E-state index contributed by atoms with van der Waals surface area (Å²) in [4.78, 5) is 0. The third-order valence-corrected chi connectivity index (χ3v) is 1.90. The SMILES string of the molecule is C[C@@H](O)[C@@H](N)c1ccc(O)c(O)c1.Cl. The zero-order chi connectivity index (χ0) is 10.0. The van der Waals surface area contributed by atoms with E-state index in [2.05, 4.69) is 0 Å². The van der Waals surface area contributed by atoms with E-state index in [4.69, 9.17) is 21.1 Å². The lowest BCUT2D eigenvalue weighted by molar-refractivity contribution is 0.164. The number of rotatable bonds is 2. The minimum atomic E-state index is -0.691. The van der Waals surface area contributed by atoms with Gasteiger partial charge in [0.25, 0.3) is 0 Å². The van der Waals surface area contributed by atoms with Gasteiger partial charge in [-0.3, -0.25) is 0 Å². The number of aliphatic hydroxyl groups excluding tert-OH is 1. The highest BCUT2D eigenvalue weighted by Crippen LogP contribution is 2.27. The van der Waals surface area contributed by atoms with Crippen molar-refractivity contribution in [1.29, 1.82) is 0 Å². The van der Waals surface area contributed by atoms with Crippen LogP contribution in [0.5, 0.6) is 11.5 Å². The number of hydrogen-bond acceptors (Lipinski definition) is 4. The fourth-order valence-corrected chi connectivity index (χ4v) is 1.03. The minimum absolute atomic E-state index is 0. The molecule has 0 heterocycles. The minimum Gasteiger partial charge on any atom is -0.504 e. The molecule has 0 unspecified atom stereocenters. The van der Waals surface area contributed by atoms with E-state index in [9.17, 15) is 0 Å². The standard InChI is InChI=1S/C9H13NO3.ClH/c1-5(11)9(10)6-2-3-7(12)8(13)4-6;/h2-5,9,11-13H,10H2,1H3;1H/t5-,9-;/m1./s1. The lowest BCUT2D eigenvalue weighted by Gasteiger charge is -2.15. The quantitative estimate of drug-likeness (QED) is 0.557. The van der Waals surface area contributed by atoms with Gasteiger partial charge in [0.15, 0.2) is 11.5 Å². The molecule has 1 rings (SSSR count). The van der Waals surface area contributed by atoms with Gasteiger partial charge in [0, 0.05) is 0 Å². The smallest absolute Gasteiger partial charge is 0.157 e. The molecule has 0 spiro atoms. The average Bonchev–Trinajstić information content (AvgIpc) is 2.08. The van der Waals surface area contributed by atoms with Gasteiger partial charge in [0.1, 0.15) is 0 Å². The second-order valence-electron chi connectivity index (χ2n) is 3.01. The summed E-state index contributed by atoms with van der Waals surface area (Å²) in [6.07, 6.45) is -0.691. The van der Waals surface area contributed by atoms with Gasteiger partial charge in [-0.25, -0.2) is 0 Å². The molecule has 0 aromatic heterocycles. The molecule has 0 aliphatic carbocycles. The topological polar surface area (TPSA) is 86.7 Å². The first kappa shape index (κ1) is 13.0. The highest BCUT2D eigenvalue weighted by atomic mass is 35.5. The van der Waals surface area contributed by atoms with Crippen molar-refractivity contribution >= 4 is 12.4 Å². The molecule has 4 nitrogen and oxygen atoms in total. The van der Waals surface area contributed by atoms with Crippen LogP contribution in [0.15, 0.2) is 18.2 Å². The van der Waals surface area contributed by atoms with Crippen LogP contribution in [-0.2, 0) is 0 Å². The van der Waals surface area contributed by atoms with Crippen molar-refractivity contribution in [2.24, 2.45) is 5.73 Å². The average molecular weight is 220 g/mol. The molecule has 5 heteroatoms. The van der Waals surface area contributed by atoms with E-state index in [1.54, 1.807) is 13.0 Å². The summed E-state index contributed by atoms with van der Waals surface area (Å²) in [7, 11) is 0. The Morgan fingerprint density at radius 1 is 1.21 bits per heavy atom. The van der Waals surface area contributed by atoms with E-state index in [-0.39, 0.29) is 23.9 Å². The zero-order valence-electron chi connectivity index (χ0n) is 7.71. The van der Waals surface area contributed by atoms with E-state index >= 15 is 0 Å². The highest BCUT2D eigenvalue weighted by Gasteiger charge is 2.13. The lowest BCUT2D eigenvalue weighted by Crippen LogP contribution is -2.22. The van der Waals surface area contributed by atoms with Gasteiger partial charge in [-0.05, 0) is 24.6 Å². The molecule has 1 aromatic rings. The van der Waals surface area contributed by atoms with E-state index in [1.807, 2.05) is 0 Å². The van der Waals surface area contributed by atoms with Crippen molar-refractivity contribution in [2.45, 2.75) is 19.1 Å². The van der Waals surface area contributed by atoms with Crippen LogP contribution in [0.1, 0.15) is 18.5 Å². The fraction of sp³-hybridized carbons (Fsp3) is 0.333. The number of benzene rings is 1. The van der Waals surface area contributed by atoms with Gasteiger partial charge in [0.05, 0.1) is 12.1 Å². The fourth-order valence-electron chi connectivity index (χ4n) is 1.03. The Balaban J connectivity index is 0.00000169. The maximum atomic E-state index is 9.17. The zero-order valence-corrected chi connectivity index (χ0v) is 8.53. The summed E-state index contributed by atoms with van der Waals surface area (Å²) in [5.41, 5.74) is 6.20. The van der Waals surface area contributed by atoms with Crippen molar-refractivity contribution in [3.63, 3.8) is 0 Å². The first-order valence-electron chi connectivity index (χ1n) is 3.98. The molecule has 0 saturated heterocycles. The Morgan fingerprint density at radius 3 is 2.21 bits per heavy atom. The monoisotopic (exact) mass is 219 g/mol. The van der Waals surface area contributed by atoms with Gasteiger partial charge < -0.3 is 21.1 Å². The first-order chi connectivity index (χ1) is 6.02. The highest BCUT2D eigenvalue weighted by molar-refractivity contribution is 5.85. The summed E-state index contributed by atoms with van der Waals surface area (Å²) < 4.78 is 0. The number of aromatic hydroxyl groups is 2. The van der Waals surface area contributed by atoms with Crippen molar-refractivity contribution in [3.05, 3.63) is 23.8 Å². The Kier molecular flexibility index (Phi) is 4.70. The summed E-state index contributed by atoms with van der Waals surface area (Å²) in [6, 6.07) is 3.69. The molecule has 0 saturated carbocycles. The van der Waals surface area contributed by atoms with Gasteiger partial charge >= 0.3 is 0 Å². The number of halogens is 1. The Hall–Kier alpha value is -0.970. The van der Waals surface area contributed by atoms with Crippen molar-refractivity contribution in [3.8, 4) is 11.5 Å². The maximum absolute atomic E-state index is 9.17. The molecule has 14 heavy (non-hydrogen) atoms. The van der Waals surface area contributed by atoms with Crippen LogP contribution < -0.4 is 5.73 Å². The predicted molar refractivity (Wildman–Crippen MR) is 55.6 cm³/mol. The van der Waals surface area contributed by atoms with Crippen molar-refractivity contribution in [1.82, 2.24) is 0 Å².